The maximum atomic E-state index is 11.5. The predicted molar refractivity (Wildman–Crippen MR) is 66.3 cm³/mol. The van der Waals surface area contributed by atoms with Gasteiger partial charge in [0.2, 0.25) is 5.91 Å². The van der Waals surface area contributed by atoms with Crippen LogP contribution < -0.4 is 10.1 Å². The lowest BCUT2D eigenvalue weighted by Crippen LogP contribution is -2.09. The molecule has 1 aromatic rings. The van der Waals surface area contributed by atoms with Gasteiger partial charge >= 0.3 is 5.97 Å². The SMILES string of the molecule is COC(=O)c1cc(NC(C)=O)c(Br)cc1OC. The topological polar surface area (TPSA) is 64.6 Å². The normalized spacial score (nSPS) is 9.65. The van der Waals surface area contributed by atoms with Crippen molar-refractivity contribution in [2.45, 2.75) is 6.92 Å². The van der Waals surface area contributed by atoms with Crippen LogP contribution in [0.25, 0.3) is 0 Å². The molecule has 5 nitrogen and oxygen atoms in total. The Morgan fingerprint density at radius 2 is 1.94 bits per heavy atom. The molecule has 0 aliphatic rings. The average Bonchev–Trinajstić information content (AvgIpc) is 2.29. The Bertz CT molecular complexity index is 459. The van der Waals surface area contributed by atoms with Gasteiger partial charge in [-0.25, -0.2) is 4.79 Å². The van der Waals surface area contributed by atoms with E-state index in [1.54, 1.807) is 6.07 Å². The molecule has 0 radical (unpaired) electrons. The van der Waals surface area contributed by atoms with Gasteiger partial charge in [-0.05, 0) is 28.1 Å². The highest BCUT2D eigenvalue weighted by molar-refractivity contribution is 9.10. The van der Waals surface area contributed by atoms with Gasteiger partial charge in [-0.1, -0.05) is 0 Å². The summed E-state index contributed by atoms with van der Waals surface area (Å²) in [6.07, 6.45) is 0. The molecule has 17 heavy (non-hydrogen) atoms. The molecule has 0 unspecified atom stereocenters. The molecule has 0 atom stereocenters. The van der Waals surface area contributed by atoms with Gasteiger partial charge in [-0.15, -0.1) is 0 Å². The van der Waals surface area contributed by atoms with Crippen molar-refractivity contribution in [1.82, 2.24) is 0 Å². The number of carbonyl (C=O) groups is 2. The summed E-state index contributed by atoms with van der Waals surface area (Å²) >= 11 is 3.27. The summed E-state index contributed by atoms with van der Waals surface area (Å²) < 4.78 is 10.3. The van der Waals surface area contributed by atoms with Crippen molar-refractivity contribution >= 4 is 33.5 Å². The van der Waals surface area contributed by atoms with Crippen LogP contribution in [0, 0.1) is 0 Å². The van der Waals surface area contributed by atoms with E-state index in [2.05, 4.69) is 26.0 Å². The Morgan fingerprint density at radius 3 is 2.41 bits per heavy atom. The third-order valence-electron chi connectivity index (χ3n) is 2.01. The highest BCUT2D eigenvalue weighted by Crippen LogP contribution is 2.31. The van der Waals surface area contributed by atoms with E-state index in [0.29, 0.717) is 15.9 Å². The first kappa shape index (κ1) is 13.5. The van der Waals surface area contributed by atoms with Gasteiger partial charge in [0, 0.05) is 11.4 Å². The quantitative estimate of drug-likeness (QED) is 0.869. The van der Waals surface area contributed by atoms with Crippen molar-refractivity contribution in [1.29, 1.82) is 0 Å². The Labute approximate surface area is 107 Å². The van der Waals surface area contributed by atoms with Crippen molar-refractivity contribution in [2.75, 3.05) is 19.5 Å². The first-order valence-corrected chi connectivity index (χ1v) is 5.52. The van der Waals surface area contributed by atoms with Crippen LogP contribution >= 0.6 is 15.9 Å². The number of halogens is 1. The number of hydrogen-bond acceptors (Lipinski definition) is 4. The highest BCUT2D eigenvalue weighted by atomic mass is 79.9. The number of carbonyl (C=O) groups excluding carboxylic acids is 2. The minimum absolute atomic E-state index is 0.230. The van der Waals surface area contributed by atoms with Crippen LogP contribution in [0.15, 0.2) is 16.6 Å². The third kappa shape index (κ3) is 3.20. The summed E-state index contributed by atoms with van der Waals surface area (Å²) in [5.74, 6) is -0.384. The Morgan fingerprint density at radius 1 is 1.29 bits per heavy atom. The van der Waals surface area contributed by atoms with Gasteiger partial charge < -0.3 is 14.8 Å². The van der Waals surface area contributed by atoms with Crippen LogP contribution in [0.2, 0.25) is 0 Å². The van der Waals surface area contributed by atoms with Crippen LogP contribution in [0.3, 0.4) is 0 Å². The van der Waals surface area contributed by atoms with Gasteiger partial charge in [0.15, 0.2) is 0 Å². The second-order valence-electron chi connectivity index (χ2n) is 3.21. The summed E-state index contributed by atoms with van der Waals surface area (Å²) in [7, 11) is 2.73. The number of hydrogen-bond donors (Lipinski definition) is 1. The molecule has 0 fully saturated rings. The van der Waals surface area contributed by atoms with Gasteiger partial charge in [0.05, 0.1) is 19.9 Å². The summed E-state index contributed by atoms with van der Waals surface area (Å²) in [6, 6.07) is 3.09. The summed E-state index contributed by atoms with van der Waals surface area (Å²) in [6.45, 7) is 1.38. The fraction of sp³-hybridized carbons (Fsp3) is 0.273. The van der Waals surface area contributed by atoms with Crippen LogP contribution in [-0.2, 0) is 9.53 Å². The molecule has 1 N–H and O–H groups in total. The largest absolute Gasteiger partial charge is 0.496 e. The molecule has 1 amide bonds. The van der Waals surface area contributed by atoms with Crippen LogP contribution in [0.1, 0.15) is 17.3 Å². The average molecular weight is 302 g/mol. The third-order valence-corrected chi connectivity index (χ3v) is 2.66. The molecule has 0 heterocycles. The van der Waals surface area contributed by atoms with Crippen molar-refractivity contribution in [3.8, 4) is 5.75 Å². The summed E-state index contributed by atoms with van der Waals surface area (Å²) in [5.41, 5.74) is 0.737. The second kappa shape index (κ2) is 5.67. The molecule has 6 heteroatoms. The van der Waals surface area contributed by atoms with Crippen LogP contribution in [0.5, 0.6) is 5.75 Å². The molecule has 0 spiro atoms. The molecule has 0 aromatic heterocycles. The van der Waals surface area contributed by atoms with Crippen LogP contribution in [-0.4, -0.2) is 26.1 Å². The van der Waals surface area contributed by atoms with Crippen molar-refractivity contribution < 1.29 is 19.1 Å². The van der Waals surface area contributed by atoms with Gasteiger partial charge in [-0.2, -0.15) is 0 Å². The lowest BCUT2D eigenvalue weighted by Gasteiger charge is -2.11. The Hall–Kier alpha value is -1.56. The zero-order chi connectivity index (χ0) is 13.0. The molecule has 0 bridgehead atoms. The predicted octanol–water partition coefficient (Wildman–Crippen LogP) is 2.20. The second-order valence-corrected chi connectivity index (χ2v) is 4.06. The number of amides is 1. The minimum Gasteiger partial charge on any atom is -0.496 e. The molecule has 0 aliphatic heterocycles. The van der Waals surface area contributed by atoms with Crippen molar-refractivity contribution in [3.05, 3.63) is 22.2 Å². The molecule has 1 rings (SSSR count). The van der Waals surface area contributed by atoms with E-state index in [1.165, 1.54) is 27.2 Å². The molecule has 0 saturated carbocycles. The van der Waals surface area contributed by atoms with Gasteiger partial charge in [0.1, 0.15) is 11.3 Å². The minimum atomic E-state index is -0.527. The van der Waals surface area contributed by atoms with Gasteiger partial charge in [0.25, 0.3) is 0 Å². The lowest BCUT2D eigenvalue weighted by atomic mass is 10.1. The number of esters is 1. The van der Waals surface area contributed by atoms with Crippen molar-refractivity contribution in [2.24, 2.45) is 0 Å². The zero-order valence-corrected chi connectivity index (χ0v) is 11.3. The zero-order valence-electron chi connectivity index (χ0n) is 9.67. The number of methoxy groups -OCH3 is 2. The molecule has 0 saturated heterocycles. The fourth-order valence-electron chi connectivity index (χ4n) is 1.28. The fourth-order valence-corrected chi connectivity index (χ4v) is 1.70. The highest BCUT2D eigenvalue weighted by Gasteiger charge is 2.16. The number of nitrogens with one attached hydrogen (secondary N) is 1. The summed E-state index contributed by atoms with van der Waals surface area (Å²) in [5, 5.41) is 2.59. The first-order valence-electron chi connectivity index (χ1n) is 4.73. The molecule has 0 aliphatic carbocycles. The van der Waals surface area contributed by atoms with E-state index in [9.17, 15) is 9.59 Å². The number of benzene rings is 1. The molecule has 1 aromatic carbocycles. The maximum Gasteiger partial charge on any atom is 0.341 e. The van der Waals surface area contributed by atoms with E-state index in [-0.39, 0.29) is 11.5 Å². The molecular weight excluding hydrogens is 290 g/mol. The standard InChI is InChI=1S/C11H12BrNO4/c1-6(14)13-9-4-7(11(15)17-3)10(16-2)5-8(9)12/h4-5H,1-3H3,(H,13,14). The maximum absolute atomic E-state index is 11.5. The van der Waals surface area contributed by atoms with E-state index in [0.717, 1.165) is 0 Å². The Kier molecular flexibility index (Phi) is 4.51. The van der Waals surface area contributed by atoms with E-state index >= 15 is 0 Å². The van der Waals surface area contributed by atoms with Gasteiger partial charge in [-0.3, -0.25) is 4.79 Å². The number of rotatable bonds is 3. The monoisotopic (exact) mass is 301 g/mol. The first-order chi connectivity index (χ1) is 7.99. The Balaban J connectivity index is 3.26. The van der Waals surface area contributed by atoms with E-state index in [1.807, 2.05) is 0 Å². The summed E-state index contributed by atoms with van der Waals surface area (Å²) in [4.78, 5) is 22.5. The number of anilines is 1. The van der Waals surface area contributed by atoms with Crippen molar-refractivity contribution in [3.63, 3.8) is 0 Å². The van der Waals surface area contributed by atoms with E-state index < -0.39 is 5.97 Å². The molecule has 92 valence electrons. The van der Waals surface area contributed by atoms with Crippen LogP contribution in [0.4, 0.5) is 5.69 Å². The lowest BCUT2D eigenvalue weighted by molar-refractivity contribution is -0.114. The molecular formula is C11H12BrNO4. The smallest absolute Gasteiger partial charge is 0.341 e. The van der Waals surface area contributed by atoms with E-state index in [4.69, 9.17) is 4.74 Å². The number of ether oxygens (including phenoxy) is 2.